The van der Waals surface area contributed by atoms with E-state index in [0.29, 0.717) is 12.0 Å². The number of hydrogen-bond donors (Lipinski definition) is 1. The van der Waals surface area contributed by atoms with E-state index in [1.807, 2.05) is 78.9 Å². The molecule has 1 saturated carbocycles. The molecule has 0 heterocycles. The zero-order chi connectivity index (χ0) is 23.5. The first kappa shape index (κ1) is 22.1. The lowest BCUT2D eigenvalue weighted by Crippen LogP contribution is -2.52. The van der Waals surface area contributed by atoms with Crippen LogP contribution in [0.15, 0.2) is 97.1 Å². The summed E-state index contributed by atoms with van der Waals surface area (Å²) in [5, 5.41) is 12.2. The third kappa shape index (κ3) is 4.28. The Labute approximate surface area is 199 Å². The number of benzene rings is 3. The van der Waals surface area contributed by atoms with Crippen molar-refractivity contribution in [3.05, 3.63) is 108 Å². The number of ether oxygens (including phenoxy) is 1. The molecule has 2 unspecified atom stereocenters. The SMILES string of the molecule is O=C(OCC[C@@H]1[C@@H](C2C=CC=CC2)C(C(=O)O)[C@@H]1c1ccccc1)c1ccc2ccccc2c1. The predicted octanol–water partition coefficient (Wildman–Crippen LogP) is 6.25. The first-order valence-corrected chi connectivity index (χ1v) is 11.9. The van der Waals surface area contributed by atoms with Crippen LogP contribution in [0, 0.1) is 23.7 Å². The van der Waals surface area contributed by atoms with Gasteiger partial charge in [-0.1, -0.05) is 85.0 Å². The average Bonchev–Trinajstić information content (AvgIpc) is 2.86. The topological polar surface area (TPSA) is 63.6 Å². The van der Waals surface area contributed by atoms with E-state index in [0.717, 1.165) is 22.8 Å². The number of carboxylic acid groups (broad SMARTS) is 1. The van der Waals surface area contributed by atoms with Crippen molar-refractivity contribution in [1.29, 1.82) is 0 Å². The van der Waals surface area contributed by atoms with E-state index in [9.17, 15) is 14.7 Å². The summed E-state index contributed by atoms with van der Waals surface area (Å²) in [6.07, 6.45) is 9.76. The molecular formula is C30H28O4. The van der Waals surface area contributed by atoms with Crippen LogP contribution in [0.4, 0.5) is 0 Å². The number of rotatable bonds is 7. The van der Waals surface area contributed by atoms with Crippen molar-refractivity contribution < 1.29 is 19.4 Å². The maximum Gasteiger partial charge on any atom is 0.338 e. The first-order chi connectivity index (χ1) is 16.6. The number of carboxylic acids is 1. The minimum Gasteiger partial charge on any atom is -0.481 e. The van der Waals surface area contributed by atoms with E-state index in [1.165, 1.54) is 0 Å². The van der Waals surface area contributed by atoms with Gasteiger partial charge in [-0.25, -0.2) is 4.79 Å². The van der Waals surface area contributed by atoms with Crippen LogP contribution in [0.1, 0.15) is 34.7 Å². The Kier molecular flexibility index (Phi) is 6.31. The monoisotopic (exact) mass is 452 g/mol. The smallest absolute Gasteiger partial charge is 0.338 e. The van der Waals surface area contributed by atoms with Gasteiger partial charge in [-0.2, -0.15) is 0 Å². The molecule has 5 atom stereocenters. The highest BCUT2D eigenvalue weighted by Crippen LogP contribution is 2.58. The van der Waals surface area contributed by atoms with Crippen molar-refractivity contribution in [3.63, 3.8) is 0 Å². The van der Waals surface area contributed by atoms with Gasteiger partial charge in [-0.15, -0.1) is 0 Å². The number of allylic oxidation sites excluding steroid dienone is 4. The lowest BCUT2D eigenvalue weighted by molar-refractivity contribution is -0.157. The average molecular weight is 453 g/mol. The second-order valence-corrected chi connectivity index (χ2v) is 9.24. The van der Waals surface area contributed by atoms with Crippen LogP contribution < -0.4 is 0 Å². The van der Waals surface area contributed by atoms with Crippen molar-refractivity contribution in [3.8, 4) is 0 Å². The summed E-state index contributed by atoms with van der Waals surface area (Å²) in [7, 11) is 0. The Morgan fingerprint density at radius 2 is 1.68 bits per heavy atom. The molecule has 2 aliphatic rings. The summed E-state index contributed by atoms with van der Waals surface area (Å²) in [5.41, 5.74) is 1.58. The van der Waals surface area contributed by atoms with Crippen LogP contribution in [-0.2, 0) is 9.53 Å². The number of carbonyl (C=O) groups excluding carboxylic acids is 1. The quantitative estimate of drug-likeness (QED) is 0.431. The molecule has 4 heteroatoms. The number of hydrogen-bond acceptors (Lipinski definition) is 3. The molecule has 172 valence electrons. The maximum absolute atomic E-state index is 12.7. The van der Waals surface area contributed by atoms with Crippen LogP contribution in [0.2, 0.25) is 0 Å². The van der Waals surface area contributed by atoms with E-state index in [-0.39, 0.29) is 36.2 Å². The minimum absolute atomic E-state index is 0.0169. The molecule has 5 rings (SSSR count). The molecule has 34 heavy (non-hydrogen) atoms. The largest absolute Gasteiger partial charge is 0.481 e. The van der Waals surface area contributed by atoms with Gasteiger partial charge < -0.3 is 9.84 Å². The van der Waals surface area contributed by atoms with Gasteiger partial charge >= 0.3 is 11.9 Å². The molecule has 0 bridgehead atoms. The van der Waals surface area contributed by atoms with E-state index >= 15 is 0 Å². The summed E-state index contributed by atoms with van der Waals surface area (Å²) in [6.45, 7) is 0.273. The van der Waals surface area contributed by atoms with Crippen molar-refractivity contribution in [2.75, 3.05) is 6.61 Å². The Morgan fingerprint density at radius 3 is 2.41 bits per heavy atom. The van der Waals surface area contributed by atoms with Crippen molar-refractivity contribution >= 4 is 22.7 Å². The van der Waals surface area contributed by atoms with Gasteiger partial charge in [0.25, 0.3) is 0 Å². The summed E-state index contributed by atoms with van der Waals surface area (Å²) >= 11 is 0. The van der Waals surface area contributed by atoms with Gasteiger partial charge in [-0.05, 0) is 59.1 Å². The molecule has 2 aliphatic carbocycles. The second kappa shape index (κ2) is 9.68. The molecule has 0 saturated heterocycles. The number of fused-ring (bicyclic) bond motifs is 1. The first-order valence-electron chi connectivity index (χ1n) is 11.9. The Bertz CT molecular complexity index is 1240. The van der Waals surface area contributed by atoms with Crippen LogP contribution in [0.25, 0.3) is 10.8 Å². The lowest BCUT2D eigenvalue weighted by Gasteiger charge is -2.53. The molecule has 3 aromatic carbocycles. The number of aliphatic carboxylic acids is 1. The standard InChI is InChI=1S/C30H28O4/c31-29(32)28-26(21-10-3-1-4-11-21)25(27(28)22-12-5-2-6-13-22)17-18-34-30(33)24-16-15-20-9-7-8-14-23(20)19-24/h1-12,14-16,19,22,25-28H,13,17-18H2,(H,31,32)/t22?,25-,26+,27+,28?/m0/s1. The zero-order valence-corrected chi connectivity index (χ0v) is 18.9. The van der Waals surface area contributed by atoms with Crippen LogP contribution >= 0.6 is 0 Å². The summed E-state index contributed by atoms with van der Waals surface area (Å²) in [6, 6.07) is 23.4. The highest BCUT2D eigenvalue weighted by Gasteiger charge is 2.56. The van der Waals surface area contributed by atoms with E-state index in [1.54, 1.807) is 6.07 Å². The highest BCUT2D eigenvalue weighted by molar-refractivity contribution is 5.95. The molecule has 4 nitrogen and oxygen atoms in total. The normalized spacial score (nSPS) is 25.6. The predicted molar refractivity (Wildman–Crippen MR) is 133 cm³/mol. The summed E-state index contributed by atoms with van der Waals surface area (Å²) in [5.74, 6) is -1.27. The van der Waals surface area contributed by atoms with Crippen molar-refractivity contribution in [1.82, 2.24) is 0 Å². The Morgan fingerprint density at radius 1 is 0.912 bits per heavy atom. The van der Waals surface area contributed by atoms with E-state index in [2.05, 4.69) is 12.2 Å². The third-order valence-corrected chi connectivity index (χ3v) is 7.40. The van der Waals surface area contributed by atoms with Gasteiger partial charge in [0, 0.05) is 5.92 Å². The van der Waals surface area contributed by atoms with Crippen LogP contribution in [0.3, 0.4) is 0 Å². The molecule has 0 aromatic heterocycles. The summed E-state index contributed by atoms with van der Waals surface area (Å²) < 4.78 is 5.68. The zero-order valence-electron chi connectivity index (χ0n) is 18.9. The molecule has 0 spiro atoms. The number of esters is 1. The van der Waals surface area contributed by atoms with Gasteiger partial charge in [0.1, 0.15) is 0 Å². The molecule has 0 radical (unpaired) electrons. The lowest BCUT2D eigenvalue weighted by atomic mass is 9.49. The van der Waals surface area contributed by atoms with Crippen molar-refractivity contribution in [2.24, 2.45) is 23.7 Å². The second-order valence-electron chi connectivity index (χ2n) is 9.24. The van der Waals surface area contributed by atoms with Crippen LogP contribution in [-0.4, -0.2) is 23.7 Å². The van der Waals surface area contributed by atoms with Crippen LogP contribution in [0.5, 0.6) is 0 Å². The third-order valence-electron chi connectivity index (χ3n) is 7.40. The fourth-order valence-electron chi connectivity index (χ4n) is 5.84. The van der Waals surface area contributed by atoms with Gasteiger partial charge in [-0.3, -0.25) is 4.79 Å². The molecule has 1 fully saturated rings. The molecular weight excluding hydrogens is 424 g/mol. The summed E-state index contributed by atoms with van der Waals surface area (Å²) in [4.78, 5) is 25.1. The molecule has 0 aliphatic heterocycles. The fourth-order valence-corrected chi connectivity index (χ4v) is 5.84. The van der Waals surface area contributed by atoms with Crippen molar-refractivity contribution in [2.45, 2.75) is 18.8 Å². The molecule has 1 N–H and O–H groups in total. The van der Waals surface area contributed by atoms with Gasteiger partial charge in [0.05, 0.1) is 18.1 Å². The molecule has 3 aromatic rings. The Balaban J connectivity index is 1.32. The highest BCUT2D eigenvalue weighted by atomic mass is 16.5. The fraction of sp³-hybridized carbons (Fsp3) is 0.267. The van der Waals surface area contributed by atoms with Gasteiger partial charge in [0.2, 0.25) is 0 Å². The number of carbonyl (C=O) groups is 2. The van der Waals surface area contributed by atoms with E-state index < -0.39 is 11.9 Å². The van der Waals surface area contributed by atoms with E-state index in [4.69, 9.17) is 4.74 Å². The minimum atomic E-state index is -0.744. The maximum atomic E-state index is 12.7. The van der Waals surface area contributed by atoms with Gasteiger partial charge in [0.15, 0.2) is 0 Å². The molecule has 0 amide bonds. The Hall–Kier alpha value is -3.66.